The Balaban J connectivity index is 1.92. The summed E-state index contributed by atoms with van der Waals surface area (Å²) in [5.74, 6) is 1.03. The van der Waals surface area contributed by atoms with Crippen LogP contribution in [0, 0.1) is 0 Å². The summed E-state index contributed by atoms with van der Waals surface area (Å²) in [6, 6.07) is 6.34. The van der Waals surface area contributed by atoms with E-state index >= 15 is 0 Å². The molecule has 4 heteroatoms. The second-order valence-electron chi connectivity index (χ2n) is 4.08. The molecule has 1 aromatic carbocycles. The maximum Gasteiger partial charge on any atom is 0.123 e. The Bertz CT molecular complexity index is 536. The predicted molar refractivity (Wildman–Crippen MR) is 69.5 cm³/mol. The Hall–Kier alpha value is -1.39. The van der Waals surface area contributed by atoms with Gasteiger partial charge in [-0.25, -0.2) is 4.98 Å². The number of benzene rings is 1. The van der Waals surface area contributed by atoms with Crippen LogP contribution in [0.1, 0.15) is 10.4 Å². The highest BCUT2D eigenvalue weighted by Crippen LogP contribution is 2.32. The Labute approximate surface area is 104 Å². The van der Waals surface area contributed by atoms with Gasteiger partial charge in [-0.05, 0) is 30.8 Å². The van der Waals surface area contributed by atoms with Crippen molar-refractivity contribution in [2.75, 3.05) is 13.7 Å². The first-order chi connectivity index (χ1) is 8.36. The van der Waals surface area contributed by atoms with Crippen LogP contribution < -0.4 is 10.1 Å². The second-order valence-corrected chi connectivity index (χ2v) is 5.20. The summed E-state index contributed by atoms with van der Waals surface area (Å²) < 4.78 is 5.51. The molecule has 1 aliphatic heterocycles. The van der Waals surface area contributed by atoms with Crippen molar-refractivity contribution < 1.29 is 4.74 Å². The van der Waals surface area contributed by atoms with Crippen LogP contribution in [0.3, 0.4) is 0 Å². The number of nitrogens with one attached hydrogen (secondary N) is 1. The maximum atomic E-state index is 5.51. The van der Waals surface area contributed by atoms with E-state index < -0.39 is 0 Å². The maximum absolute atomic E-state index is 5.51. The minimum atomic E-state index is 0.807. The van der Waals surface area contributed by atoms with E-state index in [1.807, 2.05) is 13.2 Å². The van der Waals surface area contributed by atoms with E-state index in [1.165, 1.54) is 16.0 Å². The molecule has 1 N–H and O–H groups in total. The average molecular weight is 246 g/mol. The van der Waals surface area contributed by atoms with Crippen LogP contribution in [0.2, 0.25) is 0 Å². The van der Waals surface area contributed by atoms with Gasteiger partial charge in [-0.15, -0.1) is 11.3 Å². The van der Waals surface area contributed by atoms with Crippen molar-refractivity contribution in [2.24, 2.45) is 0 Å². The molecular weight excluding hydrogens is 232 g/mol. The molecule has 1 aromatic heterocycles. The highest BCUT2D eigenvalue weighted by Gasteiger charge is 2.13. The largest absolute Gasteiger partial charge is 0.493 e. The highest BCUT2D eigenvalue weighted by molar-refractivity contribution is 7.15. The van der Waals surface area contributed by atoms with Crippen molar-refractivity contribution >= 4 is 11.3 Å². The van der Waals surface area contributed by atoms with Crippen LogP contribution in [0.4, 0.5) is 0 Å². The summed E-state index contributed by atoms with van der Waals surface area (Å²) in [6.07, 6.45) is 2.96. The molecule has 0 atom stereocenters. The molecule has 88 valence electrons. The first-order valence-electron chi connectivity index (χ1n) is 5.72. The molecule has 17 heavy (non-hydrogen) atoms. The standard InChI is InChI=1S/C13H14N2OS/c1-14-7-11-8-15-13(17-11)10-2-3-12-9(6-10)4-5-16-12/h2-3,6,8,14H,4-5,7H2,1H3. The number of ether oxygens (including phenoxy) is 1. The Morgan fingerprint density at radius 1 is 1.47 bits per heavy atom. The number of fused-ring (bicyclic) bond motifs is 1. The fraction of sp³-hybridized carbons (Fsp3) is 0.308. The van der Waals surface area contributed by atoms with E-state index in [9.17, 15) is 0 Å². The van der Waals surface area contributed by atoms with Crippen LogP contribution >= 0.6 is 11.3 Å². The molecule has 0 amide bonds. The molecule has 0 aliphatic carbocycles. The fourth-order valence-electron chi connectivity index (χ4n) is 2.02. The second kappa shape index (κ2) is 4.47. The normalized spacial score (nSPS) is 13.5. The van der Waals surface area contributed by atoms with Gasteiger partial charge in [-0.2, -0.15) is 0 Å². The monoisotopic (exact) mass is 246 g/mol. The van der Waals surface area contributed by atoms with Gasteiger partial charge in [-0.1, -0.05) is 0 Å². The van der Waals surface area contributed by atoms with Gasteiger partial charge in [0.2, 0.25) is 0 Å². The summed E-state index contributed by atoms with van der Waals surface area (Å²) in [5.41, 5.74) is 2.49. The fourth-order valence-corrected chi connectivity index (χ4v) is 2.94. The van der Waals surface area contributed by atoms with Crippen molar-refractivity contribution in [2.45, 2.75) is 13.0 Å². The summed E-state index contributed by atoms with van der Waals surface area (Å²) in [6.45, 7) is 1.69. The van der Waals surface area contributed by atoms with Crippen molar-refractivity contribution in [3.8, 4) is 16.3 Å². The lowest BCUT2D eigenvalue weighted by Gasteiger charge is -2.00. The van der Waals surface area contributed by atoms with E-state index in [2.05, 4.69) is 28.5 Å². The molecule has 0 saturated carbocycles. The van der Waals surface area contributed by atoms with Gasteiger partial charge in [0.15, 0.2) is 0 Å². The molecule has 2 heterocycles. The molecular formula is C13H14N2OS. The Morgan fingerprint density at radius 2 is 2.41 bits per heavy atom. The lowest BCUT2D eigenvalue weighted by molar-refractivity contribution is 0.357. The number of rotatable bonds is 3. The van der Waals surface area contributed by atoms with Gasteiger partial charge in [0, 0.05) is 29.6 Å². The number of hydrogen-bond acceptors (Lipinski definition) is 4. The zero-order valence-corrected chi connectivity index (χ0v) is 10.5. The summed E-state index contributed by atoms with van der Waals surface area (Å²) in [5, 5.41) is 4.23. The zero-order valence-electron chi connectivity index (χ0n) is 9.69. The van der Waals surface area contributed by atoms with E-state index in [1.54, 1.807) is 11.3 Å². The molecule has 0 bridgehead atoms. The minimum absolute atomic E-state index is 0.807. The first-order valence-corrected chi connectivity index (χ1v) is 6.54. The van der Waals surface area contributed by atoms with Crippen molar-refractivity contribution in [1.29, 1.82) is 0 Å². The lowest BCUT2D eigenvalue weighted by atomic mass is 10.1. The highest BCUT2D eigenvalue weighted by atomic mass is 32.1. The molecule has 0 radical (unpaired) electrons. The van der Waals surface area contributed by atoms with Gasteiger partial charge >= 0.3 is 0 Å². The lowest BCUT2D eigenvalue weighted by Crippen LogP contribution is -2.02. The van der Waals surface area contributed by atoms with Crippen LogP contribution in [0.15, 0.2) is 24.4 Å². The SMILES string of the molecule is CNCc1cnc(-c2ccc3c(c2)CCO3)s1. The number of thiazole rings is 1. The number of nitrogens with zero attached hydrogens (tertiary/aromatic N) is 1. The zero-order chi connectivity index (χ0) is 11.7. The van der Waals surface area contributed by atoms with Crippen molar-refractivity contribution in [3.05, 3.63) is 34.8 Å². The van der Waals surface area contributed by atoms with Gasteiger partial charge < -0.3 is 10.1 Å². The number of aromatic nitrogens is 1. The van der Waals surface area contributed by atoms with E-state index in [-0.39, 0.29) is 0 Å². The Morgan fingerprint density at radius 3 is 3.29 bits per heavy atom. The third-order valence-corrected chi connectivity index (χ3v) is 3.89. The van der Waals surface area contributed by atoms with Gasteiger partial charge in [0.1, 0.15) is 10.8 Å². The van der Waals surface area contributed by atoms with E-state index in [0.29, 0.717) is 0 Å². The average Bonchev–Trinajstić information content (AvgIpc) is 2.96. The molecule has 0 spiro atoms. The molecule has 3 nitrogen and oxygen atoms in total. The first kappa shape index (κ1) is 10.7. The van der Waals surface area contributed by atoms with Crippen LogP contribution in [0.5, 0.6) is 5.75 Å². The van der Waals surface area contributed by atoms with Gasteiger partial charge in [0.25, 0.3) is 0 Å². The molecule has 0 unspecified atom stereocenters. The van der Waals surface area contributed by atoms with Gasteiger partial charge in [-0.3, -0.25) is 0 Å². The van der Waals surface area contributed by atoms with Crippen LogP contribution in [-0.4, -0.2) is 18.6 Å². The molecule has 1 aliphatic rings. The molecule has 2 aromatic rings. The molecule has 3 rings (SSSR count). The van der Waals surface area contributed by atoms with E-state index in [0.717, 1.165) is 30.3 Å². The summed E-state index contributed by atoms with van der Waals surface area (Å²) >= 11 is 1.74. The quantitative estimate of drug-likeness (QED) is 0.903. The predicted octanol–water partition coefficient (Wildman–Crippen LogP) is 2.46. The van der Waals surface area contributed by atoms with Crippen LogP contribution in [0.25, 0.3) is 10.6 Å². The third-order valence-electron chi connectivity index (χ3n) is 2.84. The number of hydrogen-bond donors (Lipinski definition) is 1. The smallest absolute Gasteiger partial charge is 0.123 e. The van der Waals surface area contributed by atoms with E-state index in [4.69, 9.17) is 4.74 Å². The van der Waals surface area contributed by atoms with Crippen LogP contribution in [-0.2, 0) is 13.0 Å². The topological polar surface area (TPSA) is 34.2 Å². The molecule has 0 saturated heterocycles. The summed E-state index contributed by atoms with van der Waals surface area (Å²) in [4.78, 5) is 5.73. The van der Waals surface area contributed by atoms with Crippen molar-refractivity contribution in [1.82, 2.24) is 10.3 Å². The third kappa shape index (κ3) is 2.06. The minimum Gasteiger partial charge on any atom is -0.493 e. The van der Waals surface area contributed by atoms with Gasteiger partial charge in [0.05, 0.1) is 6.61 Å². The van der Waals surface area contributed by atoms with Crippen molar-refractivity contribution in [3.63, 3.8) is 0 Å². The Kier molecular flexibility index (Phi) is 2.82. The molecule has 0 fully saturated rings. The summed E-state index contributed by atoms with van der Waals surface area (Å²) in [7, 11) is 1.95.